The van der Waals surface area contributed by atoms with Crippen LogP contribution in [-0.2, 0) is 0 Å². The molecule has 114 valence electrons. The number of fused-ring (bicyclic) bond motifs is 1. The molecular weight excluding hydrogens is 307 g/mol. The average Bonchev–Trinajstić information content (AvgIpc) is 2.41. The first kappa shape index (κ1) is 16.3. The van der Waals surface area contributed by atoms with Gasteiger partial charge in [0.25, 0.3) is 0 Å². The zero-order valence-electron chi connectivity index (χ0n) is 12.5. The minimum atomic E-state index is 0.481. The summed E-state index contributed by atoms with van der Waals surface area (Å²) in [7, 11) is 0. The van der Waals surface area contributed by atoms with E-state index in [0.717, 1.165) is 29.6 Å². The van der Waals surface area contributed by atoms with Crippen LogP contribution in [0, 0.1) is 6.92 Å². The molecule has 5 heteroatoms. The molecule has 0 aliphatic carbocycles. The summed E-state index contributed by atoms with van der Waals surface area (Å²) in [6, 6.07) is 6.07. The fraction of sp³-hybridized carbons (Fsp3) is 0.438. The van der Waals surface area contributed by atoms with Gasteiger partial charge in [0.15, 0.2) is 5.75 Å². The first-order valence-corrected chi connectivity index (χ1v) is 7.86. The van der Waals surface area contributed by atoms with Gasteiger partial charge in [-0.25, -0.2) is 4.98 Å². The summed E-state index contributed by atoms with van der Waals surface area (Å²) in [5, 5.41) is 5.31. The van der Waals surface area contributed by atoms with Crippen molar-refractivity contribution < 1.29 is 4.74 Å². The third-order valence-electron chi connectivity index (χ3n) is 3.10. The molecule has 2 rings (SSSR count). The van der Waals surface area contributed by atoms with E-state index in [9.17, 15) is 0 Å². The van der Waals surface area contributed by atoms with Crippen molar-refractivity contribution in [2.24, 2.45) is 0 Å². The maximum atomic E-state index is 6.26. The lowest BCUT2D eigenvalue weighted by molar-refractivity contribution is 0.309. The Hall–Kier alpha value is -1.03. The van der Waals surface area contributed by atoms with Crippen molar-refractivity contribution >= 4 is 34.1 Å². The molecule has 1 heterocycles. The highest BCUT2D eigenvalue weighted by Crippen LogP contribution is 2.37. The van der Waals surface area contributed by atoms with E-state index in [-0.39, 0.29) is 0 Å². The van der Waals surface area contributed by atoms with Crippen molar-refractivity contribution in [2.45, 2.75) is 33.2 Å². The van der Waals surface area contributed by atoms with Crippen LogP contribution in [0.15, 0.2) is 18.2 Å². The standard InChI is InChI=1S/C16H20Cl2N2O/c1-10(2)19-7-4-8-21-16-14(18)9-13(17)12-6-5-11(3)20-15(12)16/h5-6,9-10,19H,4,7-8H2,1-3H3. The van der Waals surface area contributed by atoms with Gasteiger partial charge in [0, 0.05) is 17.1 Å². The molecule has 0 spiro atoms. The number of nitrogens with one attached hydrogen (secondary N) is 1. The van der Waals surface area contributed by atoms with Crippen molar-refractivity contribution in [3.05, 3.63) is 33.9 Å². The highest BCUT2D eigenvalue weighted by Gasteiger charge is 2.13. The van der Waals surface area contributed by atoms with Gasteiger partial charge < -0.3 is 10.1 Å². The van der Waals surface area contributed by atoms with Gasteiger partial charge in [-0.1, -0.05) is 37.0 Å². The molecule has 2 aromatic rings. The molecule has 3 nitrogen and oxygen atoms in total. The fourth-order valence-electron chi connectivity index (χ4n) is 2.06. The molecule has 0 aliphatic heterocycles. The Bertz CT molecular complexity index is 629. The van der Waals surface area contributed by atoms with Crippen LogP contribution >= 0.6 is 23.2 Å². The lowest BCUT2D eigenvalue weighted by Crippen LogP contribution is -2.24. The zero-order valence-corrected chi connectivity index (χ0v) is 14.1. The summed E-state index contributed by atoms with van der Waals surface area (Å²) in [5.41, 5.74) is 1.64. The fourth-order valence-corrected chi connectivity index (χ4v) is 2.64. The first-order valence-electron chi connectivity index (χ1n) is 7.10. The second kappa shape index (κ2) is 7.30. The molecule has 0 saturated heterocycles. The van der Waals surface area contributed by atoms with E-state index in [1.54, 1.807) is 6.07 Å². The van der Waals surface area contributed by atoms with E-state index in [0.29, 0.717) is 28.4 Å². The van der Waals surface area contributed by atoms with E-state index in [2.05, 4.69) is 24.1 Å². The third kappa shape index (κ3) is 4.22. The summed E-state index contributed by atoms with van der Waals surface area (Å²) in [5.74, 6) is 0.615. The topological polar surface area (TPSA) is 34.1 Å². The lowest BCUT2D eigenvalue weighted by Gasteiger charge is -2.13. The minimum Gasteiger partial charge on any atom is -0.490 e. The first-order chi connectivity index (χ1) is 9.99. The molecule has 0 amide bonds. The van der Waals surface area contributed by atoms with Crippen molar-refractivity contribution in [3.63, 3.8) is 0 Å². The van der Waals surface area contributed by atoms with E-state index in [1.165, 1.54) is 0 Å². The number of halogens is 2. The highest BCUT2D eigenvalue weighted by molar-refractivity contribution is 6.39. The summed E-state index contributed by atoms with van der Waals surface area (Å²) in [6.45, 7) is 7.68. The van der Waals surface area contributed by atoms with Gasteiger partial charge in [-0.05, 0) is 38.1 Å². The van der Waals surface area contributed by atoms with E-state index in [1.807, 2.05) is 19.1 Å². The van der Waals surface area contributed by atoms with Crippen LogP contribution in [0.2, 0.25) is 10.0 Å². The number of ether oxygens (including phenoxy) is 1. The number of rotatable bonds is 6. The summed E-state index contributed by atoms with van der Waals surface area (Å²) in [6.07, 6.45) is 0.907. The Morgan fingerprint density at radius 1 is 1.24 bits per heavy atom. The highest BCUT2D eigenvalue weighted by atomic mass is 35.5. The maximum Gasteiger partial charge on any atom is 0.164 e. The van der Waals surface area contributed by atoms with Crippen molar-refractivity contribution in [1.82, 2.24) is 10.3 Å². The number of aromatic nitrogens is 1. The van der Waals surface area contributed by atoms with Crippen LogP contribution in [-0.4, -0.2) is 24.2 Å². The van der Waals surface area contributed by atoms with Crippen molar-refractivity contribution in [2.75, 3.05) is 13.2 Å². The van der Waals surface area contributed by atoms with Gasteiger partial charge in [-0.2, -0.15) is 0 Å². The van der Waals surface area contributed by atoms with E-state index >= 15 is 0 Å². The van der Waals surface area contributed by atoms with Gasteiger partial charge in [0.05, 0.1) is 16.7 Å². The molecule has 1 N–H and O–H groups in total. The van der Waals surface area contributed by atoms with Crippen molar-refractivity contribution in [3.8, 4) is 5.75 Å². The molecule has 0 radical (unpaired) electrons. The Labute approximate surface area is 135 Å². The van der Waals surface area contributed by atoms with Gasteiger partial charge in [0.1, 0.15) is 5.52 Å². The molecule has 0 aliphatic rings. The van der Waals surface area contributed by atoms with E-state index in [4.69, 9.17) is 27.9 Å². The predicted molar refractivity (Wildman–Crippen MR) is 89.8 cm³/mol. The monoisotopic (exact) mass is 326 g/mol. The van der Waals surface area contributed by atoms with Crippen LogP contribution in [0.4, 0.5) is 0 Å². The molecule has 1 aromatic heterocycles. The molecular formula is C16H20Cl2N2O. The second-order valence-electron chi connectivity index (χ2n) is 5.33. The number of nitrogens with zero attached hydrogens (tertiary/aromatic N) is 1. The quantitative estimate of drug-likeness (QED) is 0.786. The molecule has 0 saturated carbocycles. The number of pyridine rings is 1. The average molecular weight is 327 g/mol. The predicted octanol–water partition coefficient (Wildman–Crippen LogP) is 4.62. The SMILES string of the molecule is Cc1ccc2c(Cl)cc(Cl)c(OCCCNC(C)C)c2n1. The van der Waals surface area contributed by atoms with E-state index < -0.39 is 0 Å². The Morgan fingerprint density at radius 3 is 2.71 bits per heavy atom. The molecule has 0 unspecified atom stereocenters. The van der Waals surface area contributed by atoms with Crippen LogP contribution in [0.5, 0.6) is 5.75 Å². The smallest absolute Gasteiger partial charge is 0.164 e. The Morgan fingerprint density at radius 2 is 2.00 bits per heavy atom. The summed E-state index contributed by atoms with van der Waals surface area (Å²) < 4.78 is 5.85. The number of aryl methyl sites for hydroxylation is 1. The van der Waals surface area contributed by atoms with Crippen molar-refractivity contribution in [1.29, 1.82) is 0 Å². The third-order valence-corrected chi connectivity index (χ3v) is 3.69. The molecule has 0 fully saturated rings. The van der Waals surface area contributed by atoms with Gasteiger partial charge in [-0.15, -0.1) is 0 Å². The molecule has 1 aromatic carbocycles. The zero-order chi connectivity index (χ0) is 15.4. The van der Waals surface area contributed by atoms with Gasteiger partial charge >= 0.3 is 0 Å². The van der Waals surface area contributed by atoms with Crippen LogP contribution < -0.4 is 10.1 Å². The number of benzene rings is 1. The maximum absolute atomic E-state index is 6.26. The minimum absolute atomic E-state index is 0.481. The summed E-state index contributed by atoms with van der Waals surface area (Å²) >= 11 is 12.5. The summed E-state index contributed by atoms with van der Waals surface area (Å²) in [4.78, 5) is 4.51. The van der Waals surface area contributed by atoms with Crippen LogP contribution in [0.3, 0.4) is 0 Å². The molecule has 21 heavy (non-hydrogen) atoms. The molecule has 0 bridgehead atoms. The normalized spacial score (nSPS) is 11.3. The van der Waals surface area contributed by atoms with Crippen LogP contribution in [0.1, 0.15) is 26.0 Å². The largest absolute Gasteiger partial charge is 0.490 e. The Kier molecular flexibility index (Phi) is 5.68. The molecule has 0 atom stereocenters. The van der Waals surface area contributed by atoms with Gasteiger partial charge in [-0.3, -0.25) is 0 Å². The second-order valence-corrected chi connectivity index (χ2v) is 6.14. The lowest BCUT2D eigenvalue weighted by atomic mass is 10.2. The van der Waals surface area contributed by atoms with Crippen LogP contribution in [0.25, 0.3) is 10.9 Å². The number of hydrogen-bond donors (Lipinski definition) is 1. The Balaban J connectivity index is 2.17. The van der Waals surface area contributed by atoms with Gasteiger partial charge in [0.2, 0.25) is 0 Å². The number of hydrogen-bond acceptors (Lipinski definition) is 3.